The van der Waals surface area contributed by atoms with Crippen molar-refractivity contribution in [2.45, 2.75) is 101 Å². The van der Waals surface area contributed by atoms with Crippen molar-refractivity contribution in [1.82, 2.24) is 29.2 Å². The molecule has 0 unspecified atom stereocenters. The number of phenols is 2. The van der Waals surface area contributed by atoms with Gasteiger partial charge in [0.1, 0.15) is 31.3 Å². The number of aliphatic imine (C=N–C) groups is 4. The molecule has 1 aromatic heterocycles. The molecule has 8 aliphatic heterocycles. The lowest BCUT2D eigenvalue weighted by atomic mass is 9.94. The van der Waals surface area contributed by atoms with Gasteiger partial charge < -0.3 is 72.3 Å². The predicted molar refractivity (Wildman–Crippen MR) is 425 cm³/mol. The average molecular weight is 1570 g/mol. The number of alkyl halides is 1. The standard InChI is InChI=1S/C42H38N6O7.C27H25BrN2O4.C18H16N2O3/c1-46-23-45-35-20-48-29(12-36(35)46)18-44-34-16-40(38(53-3)14-32(34)42(48)51)55-22-25-8-24(9-30(49)10-25)21-54-39-15-33-31(13-37(39)52-2)41(50)47-19-27-7-5-4-6-26(27)11-28(47)17-43-33;1-32-22-8-17(13-28)7-18(9-22)16-34-26-12-24-23(11-25(26)33-2)27(31)30-15-20-6-4-3-5-19(20)10-21(30)14-29-24;1-23-17-7-14-15(8-16(17)21)19-9-13-6-11-4-2-3-5-12(11)10-20(13)18(14)22/h4-10,13-18,23,28-29,49H,11-12,19-22H2,1-3H3;3-9,11-12,14,21H,10,13,15-16H2,1-2H3;2-5,7-9,13,21H,6,10H2,1H3/t28-,29-;21-;13-/m000/s1. The van der Waals surface area contributed by atoms with E-state index in [-0.39, 0.29) is 78.3 Å². The highest BCUT2D eigenvalue weighted by Crippen LogP contribution is 2.44. The summed E-state index contributed by atoms with van der Waals surface area (Å²) in [6.07, 6.45) is 11.9. The van der Waals surface area contributed by atoms with E-state index in [1.165, 1.54) is 55.2 Å². The van der Waals surface area contributed by atoms with Crippen LogP contribution in [0.4, 0.5) is 22.7 Å². The third kappa shape index (κ3) is 14.6. The fourth-order valence-corrected chi connectivity index (χ4v) is 15.9. The zero-order valence-corrected chi connectivity index (χ0v) is 63.9. The number of amides is 4. The van der Waals surface area contributed by atoms with Gasteiger partial charge in [-0.3, -0.25) is 39.1 Å². The highest BCUT2D eigenvalue weighted by atomic mass is 79.9. The number of carbonyl (C=O) groups excluding carboxylic acids is 4. The van der Waals surface area contributed by atoms with Crippen LogP contribution < -0.4 is 37.9 Å². The third-order valence-electron chi connectivity index (χ3n) is 21.4. The molecule has 4 atom stereocenters. The monoisotopic (exact) mass is 1570 g/mol. The Morgan fingerprint density at radius 2 is 0.741 bits per heavy atom. The topological polar surface area (TPSA) is 263 Å². The molecule has 0 saturated heterocycles. The van der Waals surface area contributed by atoms with Crippen LogP contribution in [0.3, 0.4) is 0 Å². The summed E-state index contributed by atoms with van der Waals surface area (Å²) < 4.78 is 48.0. The van der Waals surface area contributed by atoms with E-state index in [0.717, 1.165) is 52.0 Å². The van der Waals surface area contributed by atoms with Crippen LogP contribution in [0.1, 0.15) is 108 Å². The van der Waals surface area contributed by atoms with Gasteiger partial charge in [-0.05, 0) is 129 Å². The zero-order chi connectivity index (χ0) is 77.4. The van der Waals surface area contributed by atoms with Crippen LogP contribution in [0, 0.1) is 0 Å². The Balaban J connectivity index is 0.000000141. The number of aromatic nitrogens is 2. The fourth-order valence-electron chi connectivity index (χ4n) is 15.5. The number of benzene rings is 9. The Morgan fingerprint density at radius 3 is 1.13 bits per heavy atom. The lowest BCUT2D eigenvalue weighted by Crippen LogP contribution is -2.44. The minimum absolute atomic E-state index is 0.0145. The minimum Gasteiger partial charge on any atom is -0.508 e. The van der Waals surface area contributed by atoms with E-state index in [2.05, 4.69) is 68.4 Å². The van der Waals surface area contributed by atoms with Crippen molar-refractivity contribution >= 4 is 87.2 Å². The first-order valence-corrected chi connectivity index (χ1v) is 37.7. The lowest BCUT2D eigenvalue weighted by molar-refractivity contribution is 0.0692. The molecule has 568 valence electrons. The summed E-state index contributed by atoms with van der Waals surface area (Å²) in [5, 5.41) is 21.3. The van der Waals surface area contributed by atoms with E-state index < -0.39 is 0 Å². The second-order valence-electron chi connectivity index (χ2n) is 28.3. The Hall–Kier alpha value is -12.8. The molecular weight excluding hydrogens is 1490 g/mol. The first-order chi connectivity index (χ1) is 54.5. The molecule has 0 spiro atoms. The summed E-state index contributed by atoms with van der Waals surface area (Å²) in [7, 11) is 9.70. The number of carbonyl (C=O) groups is 4. The summed E-state index contributed by atoms with van der Waals surface area (Å²) in [5.74, 6) is 3.32. The number of ether oxygens (including phenoxy) is 8. The predicted octanol–water partition coefficient (Wildman–Crippen LogP) is 14.0. The molecule has 4 amide bonds. The van der Waals surface area contributed by atoms with Gasteiger partial charge >= 0.3 is 0 Å². The second kappa shape index (κ2) is 31.3. The van der Waals surface area contributed by atoms with Gasteiger partial charge in [0.25, 0.3) is 23.6 Å². The number of methoxy groups -OCH3 is 5. The maximum absolute atomic E-state index is 13.8. The van der Waals surface area contributed by atoms with E-state index in [4.69, 9.17) is 52.9 Å². The van der Waals surface area contributed by atoms with Gasteiger partial charge in [-0.1, -0.05) is 94.8 Å². The largest absolute Gasteiger partial charge is 0.508 e. The number of hydrogen-bond acceptors (Lipinski definition) is 19. The number of hydrogen-bond donors (Lipinski definition) is 2. The molecule has 25 heteroatoms. The summed E-state index contributed by atoms with van der Waals surface area (Å²) >= 11 is 3.50. The van der Waals surface area contributed by atoms with Gasteiger partial charge in [-0.2, -0.15) is 0 Å². The third-order valence-corrected chi connectivity index (χ3v) is 22.1. The highest BCUT2D eigenvalue weighted by molar-refractivity contribution is 9.08. The number of nitrogens with zero attached hydrogens (tertiary/aromatic N) is 10. The molecule has 9 heterocycles. The van der Waals surface area contributed by atoms with E-state index in [1.807, 2.05) is 99.6 Å². The zero-order valence-electron chi connectivity index (χ0n) is 62.3. The number of halogens is 1. The van der Waals surface area contributed by atoms with Crippen LogP contribution in [0.15, 0.2) is 184 Å². The molecule has 9 aromatic carbocycles. The molecule has 0 radical (unpaired) electrons. The summed E-state index contributed by atoms with van der Waals surface area (Å²) in [6.45, 7) is 2.55. The van der Waals surface area contributed by atoms with Crippen molar-refractivity contribution in [2.75, 3.05) is 35.5 Å². The number of imidazole rings is 1. The molecule has 0 fully saturated rings. The molecule has 10 aromatic rings. The first-order valence-electron chi connectivity index (χ1n) is 36.6. The number of phenolic OH excluding ortho intramolecular Hbond substituents is 2. The Labute approximate surface area is 654 Å². The molecule has 24 nitrogen and oxygen atoms in total. The van der Waals surface area contributed by atoms with Crippen LogP contribution >= 0.6 is 15.9 Å². The highest BCUT2D eigenvalue weighted by Gasteiger charge is 2.39. The second-order valence-corrected chi connectivity index (χ2v) is 28.8. The van der Waals surface area contributed by atoms with Crippen molar-refractivity contribution < 1.29 is 67.3 Å². The van der Waals surface area contributed by atoms with Gasteiger partial charge in [-0.25, -0.2) is 4.98 Å². The molecule has 8 aliphatic rings. The quantitative estimate of drug-likeness (QED) is 0.0904. The number of aromatic hydroxyl groups is 2. The Bertz CT molecular complexity index is 5520. The molecule has 112 heavy (non-hydrogen) atoms. The Morgan fingerprint density at radius 1 is 0.393 bits per heavy atom. The van der Waals surface area contributed by atoms with Crippen LogP contribution in [-0.4, -0.2) is 148 Å². The van der Waals surface area contributed by atoms with Crippen LogP contribution in [-0.2, 0) is 84.1 Å². The minimum atomic E-state index is -0.201. The molecule has 0 aliphatic carbocycles. The normalized spacial score (nSPS) is 17.6. The van der Waals surface area contributed by atoms with Crippen molar-refractivity contribution in [3.63, 3.8) is 0 Å². The fraction of sp³-hybridized carbons (Fsp3) is 0.253. The first kappa shape index (κ1) is 73.4. The van der Waals surface area contributed by atoms with Crippen LogP contribution in [0.2, 0.25) is 0 Å². The van der Waals surface area contributed by atoms with Gasteiger partial charge in [0.15, 0.2) is 46.0 Å². The van der Waals surface area contributed by atoms with Crippen LogP contribution in [0.5, 0.6) is 57.5 Å². The number of aryl methyl sites for hydroxylation is 1. The van der Waals surface area contributed by atoms with Crippen molar-refractivity contribution in [2.24, 2.45) is 27.0 Å². The summed E-state index contributed by atoms with van der Waals surface area (Å²) in [4.78, 5) is 84.4. The molecule has 18 rings (SSSR count). The van der Waals surface area contributed by atoms with Crippen molar-refractivity contribution in [3.8, 4) is 57.5 Å². The van der Waals surface area contributed by atoms with Gasteiger partial charge in [0.05, 0.1) is 123 Å². The molecule has 2 N–H and O–H groups in total. The van der Waals surface area contributed by atoms with Gasteiger partial charge in [0.2, 0.25) is 0 Å². The smallest absolute Gasteiger partial charge is 0.257 e. The maximum Gasteiger partial charge on any atom is 0.257 e. The van der Waals surface area contributed by atoms with E-state index >= 15 is 0 Å². The lowest BCUT2D eigenvalue weighted by Gasteiger charge is -2.34. The van der Waals surface area contributed by atoms with Crippen molar-refractivity contribution in [1.29, 1.82) is 0 Å². The molecule has 0 bridgehead atoms. The SMILES string of the molecule is COc1cc(CBr)cc(COc2cc3c(cc2OC)C(=O)N2Cc4ccccc4C[C@H]2C=N3)c1.COc1cc2c(cc1O)N=C[C@@H]1Cc3ccccc3CN1C2=O.COc1cc2c(cc1OCc1cc(O)cc(COc3cc4c(cc3OC)C(=O)N3Cc5ncn(C)c5C[C@H]3C=N4)c1)N=C[C@@H]1Cc3ccccc3CN1C2=O. The number of rotatable bonds is 15. The van der Waals surface area contributed by atoms with E-state index in [0.29, 0.717) is 136 Å². The van der Waals surface area contributed by atoms with Crippen LogP contribution in [0.25, 0.3) is 0 Å². The maximum atomic E-state index is 13.8. The molecular formula is C87H79BrN10O14. The van der Waals surface area contributed by atoms with Gasteiger partial charge in [0, 0.05) is 93.3 Å². The number of fused-ring (bicyclic) bond motifs is 12. The van der Waals surface area contributed by atoms with E-state index in [1.54, 1.807) is 86.3 Å². The summed E-state index contributed by atoms with van der Waals surface area (Å²) in [6, 6.07) is 48.5. The van der Waals surface area contributed by atoms with E-state index in [9.17, 15) is 29.4 Å². The molecule has 0 saturated carbocycles. The Kier molecular flexibility index (Phi) is 20.5. The summed E-state index contributed by atoms with van der Waals surface area (Å²) in [5.41, 5.74) is 16.5. The average Bonchev–Trinajstić information content (AvgIpc) is 1.62. The van der Waals surface area contributed by atoms with Crippen molar-refractivity contribution in [3.05, 3.63) is 253 Å². The van der Waals surface area contributed by atoms with Gasteiger partial charge in [-0.15, -0.1) is 0 Å².